The minimum atomic E-state index is -0.0390. The first-order valence-electron chi connectivity index (χ1n) is 9.49. The monoisotopic (exact) mass is 422 g/mol. The zero-order chi connectivity index (χ0) is 19.9. The molecule has 1 aliphatic heterocycles. The lowest BCUT2D eigenvalue weighted by Gasteiger charge is -2.10. The summed E-state index contributed by atoms with van der Waals surface area (Å²) in [7, 11) is 0. The normalized spacial score (nSPS) is 13.3. The third-order valence-electron chi connectivity index (χ3n) is 4.55. The van der Waals surface area contributed by atoms with Gasteiger partial charge in [-0.2, -0.15) is 5.10 Å². The van der Waals surface area contributed by atoms with Crippen LogP contribution in [0.2, 0.25) is 0 Å². The van der Waals surface area contributed by atoms with E-state index in [2.05, 4.69) is 39.7 Å². The molecule has 1 N–H and O–H groups in total. The van der Waals surface area contributed by atoms with Gasteiger partial charge in [-0.25, -0.2) is 0 Å². The smallest absolute Gasteiger partial charge is 0.251 e. The summed E-state index contributed by atoms with van der Waals surface area (Å²) >= 11 is 3.50. The summed E-state index contributed by atoms with van der Waals surface area (Å²) in [6.07, 6.45) is 3.72. The second-order valence-corrected chi connectivity index (χ2v) is 8.95. The molecule has 0 saturated heterocycles. The van der Waals surface area contributed by atoms with E-state index in [0.717, 1.165) is 45.7 Å². The minimum Gasteiger partial charge on any atom is -0.348 e. The van der Waals surface area contributed by atoms with E-state index in [1.165, 1.54) is 5.56 Å². The number of aliphatic imine (C=N–C) groups is 1. The lowest BCUT2D eigenvalue weighted by atomic mass is 10.1. The molecule has 0 spiro atoms. The van der Waals surface area contributed by atoms with Gasteiger partial charge in [0.1, 0.15) is 4.38 Å². The van der Waals surface area contributed by atoms with Crippen molar-refractivity contribution in [3.8, 4) is 0 Å². The van der Waals surface area contributed by atoms with Crippen molar-refractivity contribution >= 4 is 33.8 Å². The van der Waals surface area contributed by atoms with Crippen LogP contribution in [0.1, 0.15) is 27.0 Å². The summed E-state index contributed by atoms with van der Waals surface area (Å²) in [5, 5.41) is 7.27. The average molecular weight is 423 g/mol. The molecule has 0 saturated carbocycles. The van der Waals surface area contributed by atoms with Crippen molar-refractivity contribution in [3.05, 3.63) is 89.2 Å². The zero-order valence-corrected chi connectivity index (χ0v) is 17.6. The molecular weight excluding hydrogens is 400 g/mol. The summed E-state index contributed by atoms with van der Waals surface area (Å²) in [5.74, 6) is 1.78. The number of amides is 1. The fraction of sp³-hybridized carbons (Fsp3) is 0.227. The molecule has 2 aromatic carbocycles. The Morgan fingerprint density at radius 1 is 1.10 bits per heavy atom. The molecule has 1 aliphatic rings. The number of carbonyl (C=O) groups excluding carboxylic acids is 1. The fourth-order valence-corrected chi connectivity index (χ4v) is 5.04. The van der Waals surface area contributed by atoms with E-state index < -0.39 is 0 Å². The van der Waals surface area contributed by atoms with Crippen molar-refractivity contribution in [2.75, 3.05) is 12.3 Å². The predicted molar refractivity (Wildman–Crippen MR) is 121 cm³/mol. The highest BCUT2D eigenvalue weighted by Crippen LogP contribution is 2.26. The van der Waals surface area contributed by atoms with Gasteiger partial charge < -0.3 is 5.32 Å². The van der Waals surface area contributed by atoms with Crippen LogP contribution in [0.5, 0.6) is 0 Å². The second-order valence-electron chi connectivity index (χ2n) is 6.64. The van der Waals surface area contributed by atoms with Crippen molar-refractivity contribution < 1.29 is 4.79 Å². The first kappa shape index (κ1) is 19.8. The standard InChI is InChI=1S/C22H22N4OS2/c27-21(20-5-2-1-4-19(20)16-29-22-23-11-13-28-22)24-14-17-6-8-18(9-7-17)15-26-12-3-10-25-26/h1-10,12H,11,13-16H2,(H,24,27). The molecule has 0 aliphatic carbocycles. The summed E-state index contributed by atoms with van der Waals surface area (Å²) in [6.45, 7) is 2.15. The number of thioether (sulfide) groups is 2. The molecule has 5 nitrogen and oxygen atoms in total. The lowest BCUT2D eigenvalue weighted by molar-refractivity contribution is 0.0950. The van der Waals surface area contributed by atoms with E-state index in [4.69, 9.17) is 0 Å². The second kappa shape index (κ2) is 9.80. The Bertz CT molecular complexity index is 984. The molecule has 0 unspecified atom stereocenters. The van der Waals surface area contributed by atoms with Gasteiger partial charge in [-0.15, -0.1) is 0 Å². The van der Waals surface area contributed by atoms with E-state index in [0.29, 0.717) is 6.54 Å². The van der Waals surface area contributed by atoms with Gasteiger partial charge in [0.2, 0.25) is 0 Å². The number of carbonyl (C=O) groups is 1. The van der Waals surface area contributed by atoms with Crippen LogP contribution >= 0.6 is 23.5 Å². The number of hydrogen-bond donors (Lipinski definition) is 1. The highest BCUT2D eigenvalue weighted by molar-refractivity contribution is 8.38. The van der Waals surface area contributed by atoms with E-state index in [1.54, 1.807) is 29.7 Å². The molecule has 148 valence electrons. The third-order valence-corrected chi connectivity index (χ3v) is 6.85. The molecule has 0 bridgehead atoms. The molecule has 1 amide bonds. The number of benzene rings is 2. The van der Waals surface area contributed by atoms with Gasteiger partial charge in [0.25, 0.3) is 5.91 Å². The zero-order valence-electron chi connectivity index (χ0n) is 16.0. The highest BCUT2D eigenvalue weighted by atomic mass is 32.2. The largest absolute Gasteiger partial charge is 0.348 e. The Morgan fingerprint density at radius 2 is 1.93 bits per heavy atom. The highest BCUT2D eigenvalue weighted by Gasteiger charge is 2.13. The fourth-order valence-electron chi connectivity index (χ4n) is 3.03. The van der Waals surface area contributed by atoms with Crippen LogP contribution in [0.25, 0.3) is 0 Å². The maximum absolute atomic E-state index is 12.7. The van der Waals surface area contributed by atoms with E-state index in [-0.39, 0.29) is 5.91 Å². The molecule has 1 aromatic heterocycles. The van der Waals surface area contributed by atoms with Crippen LogP contribution in [0.15, 0.2) is 72.0 Å². The van der Waals surface area contributed by atoms with E-state index >= 15 is 0 Å². The van der Waals surface area contributed by atoms with Crippen LogP contribution in [0.3, 0.4) is 0 Å². The van der Waals surface area contributed by atoms with Crippen LogP contribution < -0.4 is 5.32 Å². The summed E-state index contributed by atoms with van der Waals surface area (Å²) in [6, 6.07) is 18.0. The number of rotatable bonds is 7. The van der Waals surface area contributed by atoms with Crippen molar-refractivity contribution in [3.63, 3.8) is 0 Å². The maximum atomic E-state index is 12.7. The van der Waals surface area contributed by atoms with Gasteiger partial charge in [-0.05, 0) is 28.8 Å². The molecule has 29 heavy (non-hydrogen) atoms. The quantitative estimate of drug-likeness (QED) is 0.620. The third kappa shape index (κ3) is 5.52. The SMILES string of the molecule is O=C(NCc1ccc(Cn2cccn2)cc1)c1ccccc1CSC1=NCCS1. The molecule has 0 atom stereocenters. The maximum Gasteiger partial charge on any atom is 0.251 e. The van der Waals surface area contributed by atoms with Crippen LogP contribution in [0, 0.1) is 0 Å². The van der Waals surface area contributed by atoms with E-state index in [9.17, 15) is 4.79 Å². The lowest BCUT2D eigenvalue weighted by Crippen LogP contribution is -2.24. The Hall–Kier alpha value is -2.51. The molecule has 0 fully saturated rings. The Kier molecular flexibility index (Phi) is 6.69. The first-order chi connectivity index (χ1) is 14.3. The molecule has 7 heteroatoms. The van der Waals surface area contributed by atoms with Crippen LogP contribution in [-0.4, -0.2) is 32.4 Å². The number of nitrogens with one attached hydrogen (secondary N) is 1. The minimum absolute atomic E-state index is 0.0390. The van der Waals surface area contributed by atoms with Crippen LogP contribution in [0.4, 0.5) is 0 Å². The topological polar surface area (TPSA) is 59.3 Å². The van der Waals surface area contributed by atoms with Crippen molar-refractivity contribution in [1.82, 2.24) is 15.1 Å². The van der Waals surface area contributed by atoms with Gasteiger partial charge >= 0.3 is 0 Å². The molecule has 4 rings (SSSR count). The van der Waals surface area contributed by atoms with Gasteiger partial charge in [-0.1, -0.05) is 66.0 Å². The summed E-state index contributed by atoms with van der Waals surface area (Å²) in [5.41, 5.74) is 4.03. The average Bonchev–Trinajstić information content (AvgIpc) is 3.46. The molecular formula is C22H22N4OS2. The van der Waals surface area contributed by atoms with Crippen LogP contribution in [-0.2, 0) is 18.8 Å². The first-order valence-corrected chi connectivity index (χ1v) is 11.5. The van der Waals surface area contributed by atoms with Crippen molar-refractivity contribution in [2.45, 2.75) is 18.8 Å². The predicted octanol–water partition coefficient (Wildman–Crippen LogP) is 4.20. The van der Waals surface area contributed by atoms with Gasteiger partial charge in [0.05, 0.1) is 13.1 Å². The summed E-state index contributed by atoms with van der Waals surface area (Å²) in [4.78, 5) is 17.2. The van der Waals surface area contributed by atoms with Gasteiger partial charge in [0.15, 0.2) is 0 Å². The Morgan fingerprint density at radius 3 is 2.69 bits per heavy atom. The molecule has 0 radical (unpaired) electrons. The Balaban J connectivity index is 1.33. The molecule has 3 aromatic rings. The van der Waals surface area contributed by atoms with Gasteiger partial charge in [0, 0.05) is 36.0 Å². The van der Waals surface area contributed by atoms with Gasteiger partial charge in [-0.3, -0.25) is 14.5 Å². The molecule has 2 heterocycles. The van der Waals surface area contributed by atoms with E-state index in [1.807, 2.05) is 41.2 Å². The Labute approximate surface area is 179 Å². The number of nitrogens with zero attached hydrogens (tertiary/aromatic N) is 3. The number of hydrogen-bond acceptors (Lipinski definition) is 5. The summed E-state index contributed by atoms with van der Waals surface area (Å²) < 4.78 is 3.01. The van der Waals surface area contributed by atoms with Crippen molar-refractivity contribution in [1.29, 1.82) is 0 Å². The van der Waals surface area contributed by atoms with Crippen molar-refractivity contribution in [2.24, 2.45) is 4.99 Å². The number of aromatic nitrogens is 2.